The molecule has 1 fully saturated rings. The summed E-state index contributed by atoms with van der Waals surface area (Å²) in [6, 6.07) is 0. The Morgan fingerprint density at radius 2 is 1.71 bits per heavy atom. The first kappa shape index (κ1) is 29.7. The normalized spacial score (nSPS) is 21.6. The summed E-state index contributed by atoms with van der Waals surface area (Å²) in [6.07, 6.45) is 0.679. The van der Waals surface area contributed by atoms with Crippen molar-refractivity contribution in [3.63, 3.8) is 0 Å². The molecule has 1 saturated heterocycles. The Morgan fingerprint density at radius 1 is 1.11 bits per heavy atom. The van der Waals surface area contributed by atoms with E-state index in [2.05, 4.69) is 89.4 Å². The van der Waals surface area contributed by atoms with Gasteiger partial charge in [-0.05, 0) is 36.3 Å². The maximum atomic E-state index is 12.7. The summed E-state index contributed by atoms with van der Waals surface area (Å²) in [5, 5.41) is 0.0655. The minimum absolute atomic E-state index is 0.0125. The zero-order chi connectivity index (χ0) is 26.8. The first-order valence-corrected chi connectivity index (χ1v) is 17.8. The van der Waals surface area contributed by atoms with Crippen LogP contribution in [0.5, 0.6) is 0 Å². The molecule has 3 atom stereocenters. The summed E-state index contributed by atoms with van der Waals surface area (Å²) in [5.74, 6) is 10.3. The fourth-order valence-corrected chi connectivity index (χ4v) is 5.54. The van der Waals surface area contributed by atoms with Crippen molar-refractivity contribution >= 4 is 16.6 Å². The minimum Gasteiger partial charge on any atom is -0.414 e. The molecule has 0 saturated carbocycles. The molecule has 198 valence electrons. The van der Waals surface area contributed by atoms with Gasteiger partial charge in [0.25, 0.3) is 5.56 Å². The van der Waals surface area contributed by atoms with Crippen LogP contribution in [0.1, 0.15) is 59.8 Å². The SMILES string of the molecule is CC(C)(C)[Si](C)(C)OC[C@H]1O[C@@H](n2cc(C#CCON)c(=O)[nH]c2=O)CC1O[Si](C)(C)C(C)(C)C. The number of nitrogens with zero attached hydrogens (tertiary/aromatic N) is 1. The van der Waals surface area contributed by atoms with Crippen LogP contribution in [-0.2, 0) is 18.4 Å². The van der Waals surface area contributed by atoms with Crippen molar-refractivity contribution in [2.45, 2.75) is 103 Å². The number of rotatable bonds is 7. The molecule has 0 bridgehead atoms. The van der Waals surface area contributed by atoms with E-state index in [1.54, 1.807) is 0 Å². The summed E-state index contributed by atoms with van der Waals surface area (Å²) in [4.78, 5) is 31.7. The molecule has 3 N–H and O–H groups in total. The third-order valence-electron chi connectivity index (χ3n) is 7.50. The van der Waals surface area contributed by atoms with Gasteiger partial charge in [0.2, 0.25) is 0 Å². The molecular formula is C24H43N3O6Si2. The van der Waals surface area contributed by atoms with Crippen molar-refractivity contribution in [3.05, 3.63) is 32.6 Å². The van der Waals surface area contributed by atoms with Gasteiger partial charge < -0.3 is 13.6 Å². The third kappa shape index (κ3) is 7.25. The molecule has 0 spiro atoms. The highest BCUT2D eigenvalue weighted by atomic mass is 28.4. The second-order valence-electron chi connectivity index (χ2n) is 12.2. The van der Waals surface area contributed by atoms with Crippen molar-refractivity contribution < 1.29 is 18.4 Å². The summed E-state index contributed by atoms with van der Waals surface area (Å²) in [7, 11) is -4.15. The predicted octanol–water partition coefficient (Wildman–Crippen LogP) is 3.48. The number of hydrogen-bond donors (Lipinski definition) is 2. The van der Waals surface area contributed by atoms with E-state index in [-0.39, 0.29) is 34.5 Å². The Morgan fingerprint density at radius 3 is 2.26 bits per heavy atom. The molecule has 1 aliphatic rings. The fourth-order valence-electron chi connectivity index (χ4n) is 3.17. The lowest BCUT2D eigenvalue weighted by Gasteiger charge is -2.40. The van der Waals surface area contributed by atoms with Gasteiger partial charge in [-0.25, -0.2) is 10.7 Å². The monoisotopic (exact) mass is 525 g/mol. The lowest BCUT2D eigenvalue weighted by atomic mass is 10.2. The average molecular weight is 526 g/mol. The topological polar surface area (TPSA) is 118 Å². The number of hydrogen-bond acceptors (Lipinski definition) is 7. The molecule has 0 amide bonds. The molecule has 2 heterocycles. The van der Waals surface area contributed by atoms with Crippen LogP contribution in [0, 0.1) is 11.8 Å². The van der Waals surface area contributed by atoms with Gasteiger partial charge in [0.1, 0.15) is 24.5 Å². The number of aromatic amines is 1. The molecule has 1 unspecified atom stereocenters. The first-order valence-electron chi connectivity index (χ1n) is 12.0. The third-order valence-corrected chi connectivity index (χ3v) is 16.5. The van der Waals surface area contributed by atoms with Crippen molar-refractivity contribution in [1.29, 1.82) is 0 Å². The van der Waals surface area contributed by atoms with E-state index < -0.39 is 34.1 Å². The quantitative estimate of drug-likeness (QED) is 0.318. The van der Waals surface area contributed by atoms with E-state index >= 15 is 0 Å². The predicted molar refractivity (Wildman–Crippen MR) is 142 cm³/mol. The van der Waals surface area contributed by atoms with Crippen LogP contribution in [-0.4, -0.2) is 51.6 Å². The number of aromatic nitrogens is 2. The van der Waals surface area contributed by atoms with E-state index in [0.717, 1.165) is 0 Å². The van der Waals surface area contributed by atoms with Gasteiger partial charge in [0.05, 0.1) is 12.7 Å². The summed E-state index contributed by atoms with van der Waals surface area (Å²) >= 11 is 0. The molecule has 9 nitrogen and oxygen atoms in total. The molecule has 0 aromatic carbocycles. The molecule has 1 aliphatic heterocycles. The smallest absolute Gasteiger partial charge is 0.330 e. The van der Waals surface area contributed by atoms with Crippen LogP contribution in [0.25, 0.3) is 0 Å². The van der Waals surface area contributed by atoms with Gasteiger partial charge >= 0.3 is 5.69 Å². The van der Waals surface area contributed by atoms with Crippen molar-refractivity contribution in [3.8, 4) is 11.8 Å². The van der Waals surface area contributed by atoms with Crippen molar-refractivity contribution in [2.75, 3.05) is 13.2 Å². The molecule has 35 heavy (non-hydrogen) atoms. The minimum atomic E-state index is -2.13. The Labute approximate surface area is 210 Å². The van der Waals surface area contributed by atoms with Crippen LogP contribution in [0.15, 0.2) is 15.8 Å². The van der Waals surface area contributed by atoms with Gasteiger partial charge in [-0.1, -0.05) is 53.4 Å². The lowest BCUT2D eigenvalue weighted by molar-refractivity contribution is -0.0412. The highest BCUT2D eigenvalue weighted by molar-refractivity contribution is 6.74. The highest BCUT2D eigenvalue weighted by Gasteiger charge is 2.46. The highest BCUT2D eigenvalue weighted by Crippen LogP contribution is 2.42. The van der Waals surface area contributed by atoms with E-state index in [0.29, 0.717) is 13.0 Å². The zero-order valence-corrected chi connectivity index (χ0v) is 24.9. The van der Waals surface area contributed by atoms with E-state index in [1.165, 1.54) is 10.8 Å². The second-order valence-corrected chi connectivity index (χ2v) is 21.7. The van der Waals surface area contributed by atoms with Crippen LogP contribution >= 0.6 is 0 Å². The number of nitrogens with one attached hydrogen (secondary N) is 1. The Balaban J connectivity index is 2.39. The molecule has 11 heteroatoms. The van der Waals surface area contributed by atoms with E-state index in [9.17, 15) is 9.59 Å². The zero-order valence-electron chi connectivity index (χ0n) is 22.9. The van der Waals surface area contributed by atoms with Crippen LogP contribution in [0.4, 0.5) is 0 Å². The maximum absolute atomic E-state index is 12.7. The van der Waals surface area contributed by atoms with Crippen LogP contribution < -0.4 is 17.1 Å². The molecular weight excluding hydrogens is 482 g/mol. The number of ether oxygens (including phenoxy) is 1. The van der Waals surface area contributed by atoms with Crippen molar-refractivity contribution in [2.24, 2.45) is 5.90 Å². The largest absolute Gasteiger partial charge is 0.414 e. The molecule has 0 aliphatic carbocycles. The van der Waals surface area contributed by atoms with Gasteiger partial charge in [-0.15, -0.1) is 0 Å². The Kier molecular flexibility index (Phi) is 9.20. The van der Waals surface area contributed by atoms with Gasteiger partial charge in [0, 0.05) is 12.6 Å². The Hall–Kier alpha value is -1.53. The van der Waals surface area contributed by atoms with Crippen LogP contribution in [0.3, 0.4) is 0 Å². The van der Waals surface area contributed by atoms with Crippen molar-refractivity contribution in [1.82, 2.24) is 9.55 Å². The van der Waals surface area contributed by atoms with Gasteiger partial charge in [0.15, 0.2) is 16.6 Å². The number of H-pyrrole nitrogens is 1. The summed E-state index contributed by atoms with van der Waals surface area (Å²) < 4.78 is 21.0. The summed E-state index contributed by atoms with van der Waals surface area (Å²) in [6.45, 7) is 22.3. The maximum Gasteiger partial charge on any atom is 0.330 e. The molecule has 2 rings (SSSR count). The first-order chi connectivity index (χ1) is 15.9. The Bertz CT molecular complexity index is 1060. The fraction of sp³-hybridized carbons (Fsp3) is 0.750. The summed E-state index contributed by atoms with van der Waals surface area (Å²) in [5.41, 5.74) is -0.994. The van der Waals surface area contributed by atoms with Gasteiger partial charge in [-0.3, -0.25) is 19.2 Å². The standard InChI is InChI=1S/C24H43N3O6Si2/c1-23(2,3)34(7,8)31-16-19-18(33-35(9,10)24(4,5)6)14-20(32-19)27-15-17(12-11-13-30-25)21(28)26-22(27)29/h15,18-20H,13-14,16,25H2,1-10H3,(H,26,28,29)/t18?,19-,20-/m1/s1. The van der Waals surface area contributed by atoms with E-state index in [4.69, 9.17) is 19.5 Å². The van der Waals surface area contributed by atoms with Gasteiger partial charge in [-0.2, -0.15) is 0 Å². The average Bonchev–Trinajstić information content (AvgIpc) is 3.08. The molecule has 1 aromatic heterocycles. The second kappa shape index (κ2) is 10.8. The number of nitrogens with two attached hydrogens (primary N) is 1. The molecule has 1 aromatic rings. The van der Waals surface area contributed by atoms with E-state index in [1.807, 2.05) is 0 Å². The lowest BCUT2D eigenvalue weighted by Crippen LogP contribution is -2.48. The molecule has 0 radical (unpaired) electrons. The van der Waals surface area contributed by atoms with Crippen LogP contribution in [0.2, 0.25) is 36.3 Å².